The molecule has 3 aromatic rings. The lowest BCUT2D eigenvalue weighted by Crippen LogP contribution is -2.53. The second kappa shape index (κ2) is 14.8. The third-order valence-corrected chi connectivity index (χ3v) is 9.14. The number of nitrogens with zero attached hydrogens (tertiary/aromatic N) is 2. The van der Waals surface area contributed by atoms with Crippen molar-refractivity contribution in [3.63, 3.8) is 0 Å². The number of anilines is 1. The third kappa shape index (κ3) is 8.44. The van der Waals surface area contributed by atoms with Crippen LogP contribution in [0.2, 0.25) is 5.02 Å². The summed E-state index contributed by atoms with van der Waals surface area (Å²) in [6.07, 6.45) is -4.00. The predicted octanol–water partition coefficient (Wildman–Crippen LogP) is 6.28. The molecule has 0 aliphatic rings. The summed E-state index contributed by atoms with van der Waals surface area (Å²) in [4.78, 5) is 28.5. The van der Waals surface area contributed by atoms with E-state index in [9.17, 15) is 31.2 Å². The van der Waals surface area contributed by atoms with Crippen LogP contribution in [0.1, 0.15) is 44.7 Å². The van der Waals surface area contributed by atoms with Crippen LogP contribution in [-0.2, 0) is 32.3 Å². The van der Waals surface area contributed by atoms with Crippen LogP contribution in [0.15, 0.2) is 77.7 Å². The van der Waals surface area contributed by atoms with E-state index in [1.54, 1.807) is 37.3 Å². The molecule has 0 bridgehead atoms. The lowest BCUT2D eigenvalue weighted by atomic mass is 10.1. The molecule has 0 saturated heterocycles. The Hall–Kier alpha value is -3.77. The zero-order valence-electron chi connectivity index (χ0n) is 24.8. The molecule has 2 amide bonds. The number of nitrogens with one attached hydrogen (secondary N) is 1. The smallest absolute Gasteiger partial charge is 0.416 e. The molecule has 0 unspecified atom stereocenters. The van der Waals surface area contributed by atoms with Crippen molar-refractivity contribution in [3.05, 3.63) is 88.9 Å². The Kier molecular flexibility index (Phi) is 11.7. The second-order valence-electron chi connectivity index (χ2n) is 10.1. The number of alkyl halides is 3. The van der Waals surface area contributed by atoms with Crippen LogP contribution >= 0.6 is 11.6 Å². The molecule has 13 heteroatoms. The Morgan fingerprint density at radius 3 is 2.16 bits per heavy atom. The van der Waals surface area contributed by atoms with Gasteiger partial charge in [-0.1, -0.05) is 55.8 Å². The molecule has 1 N–H and O–H groups in total. The number of benzene rings is 3. The van der Waals surface area contributed by atoms with Gasteiger partial charge in [0, 0.05) is 12.6 Å². The molecule has 0 aromatic heterocycles. The van der Waals surface area contributed by atoms with Gasteiger partial charge < -0.3 is 15.0 Å². The Bertz CT molecular complexity index is 1540. The van der Waals surface area contributed by atoms with Crippen molar-refractivity contribution in [3.8, 4) is 5.75 Å². The van der Waals surface area contributed by atoms with Crippen LogP contribution in [-0.4, -0.2) is 50.9 Å². The quantitative estimate of drug-likeness (QED) is 0.234. The molecule has 0 radical (unpaired) electrons. The molecule has 8 nitrogen and oxygen atoms in total. The number of rotatable bonds is 13. The maximum Gasteiger partial charge on any atom is 0.416 e. The van der Waals surface area contributed by atoms with Gasteiger partial charge in [-0.25, -0.2) is 8.42 Å². The summed E-state index contributed by atoms with van der Waals surface area (Å²) in [6.45, 7) is 4.38. The molecule has 3 rings (SSSR count). The highest BCUT2D eigenvalue weighted by molar-refractivity contribution is 7.92. The summed E-state index contributed by atoms with van der Waals surface area (Å²) in [5, 5.41) is 2.55. The van der Waals surface area contributed by atoms with Crippen LogP contribution in [0, 0.1) is 0 Å². The summed E-state index contributed by atoms with van der Waals surface area (Å²) in [5.74, 6) is -0.703. The van der Waals surface area contributed by atoms with E-state index < -0.39 is 51.9 Å². The maximum absolute atomic E-state index is 14.1. The van der Waals surface area contributed by atoms with E-state index in [4.69, 9.17) is 16.3 Å². The van der Waals surface area contributed by atoms with E-state index in [0.717, 1.165) is 12.1 Å². The van der Waals surface area contributed by atoms with Crippen molar-refractivity contribution in [1.29, 1.82) is 0 Å². The van der Waals surface area contributed by atoms with Crippen LogP contribution in [0.4, 0.5) is 18.9 Å². The highest BCUT2D eigenvalue weighted by Crippen LogP contribution is 2.37. The van der Waals surface area contributed by atoms with Gasteiger partial charge in [-0.3, -0.25) is 13.9 Å². The summed E-state index contributed by atoms with van der Waals surface area (Å²) in [7, 11) is -3.11. The fraction of sp³-hybridized carbons (Fsp3) is 0.355. The van der Waals surface area contributed by atoms with E-state index in [1.807, 2.05) is 13.8 Å². The van der Waals surface area contributed by atoms with Gasteiger partial charge in [0.15, 0.2) is 0 Å². The Morgan fingerprint density at radius 1 is 0.977 bits per heavy atom. The monoisotopic (exact) mass is 653 g/mol. The van der Waals surface area contributed by atoms with Crippen molar-refractivity contribution in [1.82, 2.24) is 10.2 Å². The van der Waals surface area contributed by atoms with Gasteiger partial charge >= 0.3 is 6.18 Å². The minimum absolute atomic E-state index is 0.0925. The molecule has 0 fully saturated rings. The van der Waals surface area contributed by atoms with Crippen molar-refractivity contribution in [2.75, 3.05) is 18.0 Å². The average molecular weight is 654 g/mol. The molecule has 2 atom stereocenters. The number of carbonyl (C=O) groups is 2. The number of hydrogen-bond acceptors (Lipinski definition) is 5. The predicted molar refractivity (Wildman–Crippen MR) is 163 cm³/mol. The number of methoxy groups -OCH3 is 1. The molecule has 3 aromatic carbocycles. The number of hydrogen-bond donors (Lipinski definition) is 1. The SMILES string of the molecule is CC[C@@H](C)NC(=O)[C@H](CC)N(Cc1ccc(OC)cc1)C(=O)CN(c1cc(C(F)(F)F)ccc1Cl)S(=O)(=O)c1ccccc1. The van der Waals surface area contributed by atoms with Crippen molar-refractivity contribution >= 4 is 39.1 Å². The molecular formula is C31H35ClF3N3O5S. The van der Waals surface area contributed by atoms with E-state index >= 15 is 0 Å². The molecule has 0 aliphatic heterocycles. The maximum atomic E-state index is 14.1. The van der Waals surface area contributed by atoms with Crippen LogP contribution < -0.4 is 14.4 Å². The average Bonchev–Trinajstić information content (AvgIpc) is 3.00. The topological polar surface area (TPSA) is 96.0 Å². The van der Waals surface area contributed by atoms with E-state index in [2.05, 4.69) is 5.32 Å². The molecule has 0 spiro atoms. The Morgan fingerprint density at radius 2 is 1.61 bits per heavy atom. The van der Waals surface area contributed by atoms with E-state index in [-0.39, 0.29) is 28.9 Å². The van der Waals surface area contributed by atoms with Crippen molar-refractivity contribution < 1.29 is 35.9 Å². The standard InChI is InChI=1S/C31H35ClF3N3O5S/c1-5-21(3)36-30(40)27(6-2)37(19-22-12-15-24(43-4)16-13-22)29(39)20-38(44(41,42)25-10-8-7-9-11-25)28-18-23(31(33,34)35)14-17-26(28)32/h7-18,21,27H,5-6,19-20H2,1-4H3,(H,36,40)/t21-,27+/m1/s1. The lowest BCUT2D eigenvalue weighted by molar-refractivity contribution is -0.140. The van der Waals surface area contributed by atoms with Crippen LogP contribution in [0.25, 0.3) is 0 Å². The summed E-state index contributed by atoms with van der Waals surface area (Å²) < 4.78 is 74.7. The van der Waals surface area contributed by atoms with Crippen LogP contribution in [0.5, 0.6) is 5.75 Å². The van der Waals surface area contributed by atoms with Gasteiger partial charge in [0.1, 0.15) is 18.3 Å². The van der Waals surface area contributed by atoms with E-state index in [0.29, 0.717) is 28.1 Å². The van der Waals surface area contributed by atoms with Gasteiger partial charge in [0.05, 0.1) is 28.3 Å². The highest BCUT2D eigenvalue weighted by atomic mass is 35.5. The fourth-order valence-corrected chi connectivity index (χ4v) is 6.12. The molecule has 238 valence electrons. The first-order valence-electron chi connectivity index (χ1n) is 13.9. The number of ether oxygens (including phenoxy) is 1. The van der Waals surface area contributed by atoms with Gasteiger partial charge in [0.25, 0.3) is 10.0 Å². The third-order valence-electron chi connectivity index (χ3n) is 7.05. The molecule has 0 saturated carbocycles. The summed E-state index contributed by atoms with van der Waals surface area (Å²) in [6, 6.07) is 14.8. The first-order valence-corrected chi connectivity index (χ1v) is 15.7. The number of amides is 2. The fourth-order valence-electron chi connectivity index (χ4n) is 4.40. The number of halogens is 4. The van der Waals surface area contributed by atoms with Crippen molar-refractivity contribution in [2.24, 2.45) is 0 Å². The summed E-state index contributed by atoms with van der Waals surface area (Å²) >= 11 is 6.30. The molecule has 44 heavy (non-hydrogen) atoms. The normalized spacial score (nSPS) is 13.1. The minimum atomic E-state index is -4.81. The lowest BCUT2D eigenvalue weighted by Gasteiger charge is -2.34. The molecule has 0 aliphatic carbocycles. The zero-order valence-corrected chi connectivity index (χ0v) is 26.3. The van der Waals surface area contributed by atoms with Gasteiger partial charge in [-0.15, -0.1) is 0 Å². The van der Waals surface area contributed by atoms with E-state index in [1.165, 1.54) is 36.3 Å². The largest absolute Gasteiger partial charge is 0.497 e. The van der Waals surface area contributed by atoms with Crippen molar-refractivity contribution in [2.45, 2.75) is 63.3 Å². The molecule has 0 heterocycles. The minimum Gasteiger partial charge on any atom is -0.497 e. The summed E-state index contributed by atoms with van der Waals surface area (Å²) in [5.41, 5.74) is -1.06. The number of carbonyl (C=O) groups excluding carboxylic acids is 2. The van der Waals surface area contributed by atoms with Gasteiger partial charge in [-0.05, 0) is 67.8 Å². The Labute approximate surface area is 260 Å². The van der Waals surface area contributed by atoms with Crippen LogP contribution in [0.3, 0.4) is 0 Å². The zero-order chi connectivity index (χ0) is 32.7. The van der Waals surface area contributed by atoms with Gasteiger partial charge in [0.2, 0.25) is 11.8 Å². The number of sulfonamides is 1. The highest BCUT2D eigenvalue weighted by Gasteiger charge is 2.37. The molecular weight excluding hydrogens is 619 g/mol. The van der Waals surface area contributed by atoms with Gasteiger partial charge in [-0.2, -0.15) is 13.2 Å². The Balaban J connectivity index is 2.14. The second-order valence-corrected chi connectivity index (χ2v) is 12.4. The first kappa shape index (κ1) is 34.7. The first-order chi connectivity index (χ1) is 20.7.